The summed E-state index contributed by atoms with van der Waals surface area (Å²) in [5, 5.41) is 11.3. The lowest BCUT2D eigenvalue weighted by atomic mass is 10.1. The smallest absolute Gasteiger partial charge is 0.343 e. The fourth-order valence-electron chi connectivity index (χ4n) is 4.33. The summed E-state index contributed by atoms with van der Waals surface area (Å²) in [5.41, 5.74) is 5.78. The Bertz CT molecular complexity index is 1530. The zero-order valence-electron chi connectivity index (χ0n) is 20.3. The van der Waals surface area contributed by atoms with Crippen LogP contribution >= 0.6 is 11.6 Å². The summed E-state index contributed by atoms with van der Waals surface area (Å²) in [6, 6.07) is 4.66. The van der Waals surface area contributed by atoms with Crippen molar-refractivity contribution in [3.8, 4) is 11.3 Å². The van der Waals surface area contributed by atoms with E-state index in [1.807, 2.05) is 5.10 Å². The first-order chi connectivity index (χ1) is 18.6. The van der Waals surface area contributed by atoms with Crippen molar-refractivity contribution in [1.82, 2.24) is 34.8 Å². The number of hydrogen-bond donors (Lipinski definition) is 4. The van der Waals surface area contributed by atoms with Gasteiger partial charge < -0.3 is 21.3 Å². The number of imidazole rings is 1. The van der Waals surface area contributed by atoms with Crippen LogP contribution < -0.4 is 16.4 Å². The summed E-state index contributed by atoms with van der Waals surface area (Å²) in [5.74, 6) is -0.450. The lowest BCUT2D eigenvalue weighted by molar-refractivity contribution is -0.140. The minimum absolute atomic E-state index is 0.0889. The molecule has 1 fully saturated rings. The van der Waals surface area contributed by atoms with Gasteiger partial charge in [-0.25, -0.2) is 9.97 Å². The Kier molecular flexibility index (Phi) is 7.14. The van der Waals surface area contributed by atoms with Crippen LogP contribution in [0, 0.1) is 0 Å². The van der Waals surface area contributed by atoms with E-state index in [1.165, 1.54) is 35.1 Å². The van der Waals surface area contributed by atoms with E-state index in [9.17, 15) is 22.8 Å². The maximum absolute atomic E-state index is 13.4. The number of anilines is 2. The SMILES string of the molecule is NC1CCN(C(=O)CNC(=O)c2ccc(Nc3nccn4c(-c5cn[nH]c5C(F)(F)F)cnc34)cc2Cl)CC1. The van der Waals surface area contributed by atoms with E-state index in [-0.39, 0.29) is 51.8 Å². The number of hydrogen-bond acceptors (Lipinski definition) is 7. The highest BCUT2D eigenvalue weighted by atomic mass is 35.5. The highest BCUT2D eigenvalue weighted by Crippen LogP contribution is 2.36. The third-order valence-corrected chi connectivity index (χ3v) is 6.71. The number of nitrogens with two attached hydrogens (primary N) is 1. The van der Waals surface area contributed by atoms with E-state index in [2.05, 4.69) is 25.7 Å². The largest absolute Gasteiger partial charge is 0.433 e. The van der Waals surface area contributed by atoms with Crippen molar-refractivity contribution in [3.05, 3.63) is 59.3 Å². The predicted octanol–water partition coefficient (Wildman–Crippen LogP) is 3.21. The Morgan fingerprint density at radius 2 is 1.95 bits per heavy atom. The van der Waals surface area contributed by atoms with Gasteiger partial charge in [0.05, 0.1) is 40.8 Å². The number of H-pyrrole nitrogens is 1. The number of nitrogens with one attached hydrogen (secondary N) is 3. The number of fused-ring (bicyclic) bond motifs is 1. The second kappa shape index (κ2) is 10.5. The van der Waals surface area contributed by atoms with Crippen LogP contribution in [0.25, 0.3) is 16.9 Å². The average Bonchev–Trinajstić information content (AvgIpc) is 3.55. The first-order valence-corrected chi connectivity index (χ1v) is 12.3. The minimum atomic E-state index is -4.62. The molecule has 4 aromatic rings. The number of benzene rings is 1. The number of aromatic amines is 1. The lowest BCUT2D eigenvalue weighted by Gasteiger charge is -2.30. The molecule has 1 saturated heterocycles. The van der Waals surface area contributed by atoms with E-state index in [4.69, 9.17) is 17.3 Å². The molecule has 1 aliphatic heterocycles. The van der Waals surface area contributed by atoms with Gasteiger partial charge in [-0.2, -0.15) is 18.3 Å². The summed E-state index contributed by atoms with van der Waals surface area (Å²) in [4.78, 5) is 35.2. The standard InChI is InChI=1S/C24H23ClF3N9O2/c25-17-9-14(1-2-15(17)23(39)32-12-19(38)36-6-3-13(29)4-7-36)34-21-22-31-11-18(37(22)8-5-30-21)16-10-33-35-20(16)24(26,27)28/h1-2,5,8-11,13H,3-4,6-7,12,29H2,(H,30,34)(H,32,39)(H,33,35). The van der Waals surface area contributed by atoms with Crippen LogP contribution in [0.15, 0.2) is 43.0 Å². The molecule has 5 N–H and O–H groups in total. The van der Waals surface area contributed by atoms with Gasteiger partial charge in [-0.05, 0) is 31.0 Å². The first-order valence-electron chi connectivity index (χ1n) is 11.9. The van der Waals surface area contributed by atoms with Gasteiger partial charge in [-0.1, -0.05) is 11.6 Å². The van der Waals surface area contributed by atoms with E-state index >= 15 is 0 Å². The van der Waals surface area contributed by atoms with Crippen LogP contribution in [-0.4, -0.2) is 67.0 Å². The van der Waals surface area contributed by atoms with Crippen LogP contribution in [0.3, 0.4) is 0 Å². The number of alkyl halides is 3. The molecule has 0 bridgehead atoms. The molecule has 15 heteroatoms. The molecular weight excluding hydrogens is 539 g/mol. The van der Waals surface area contributed by atoms with Gasteiger partial charge in [0.1, 0.15) is 5.69 Å². The second-order valence-corrected chi connectivity index (χ2v) is 9.40. The molecule has 204 valence electrons. The van der Waals surface area contributed by atoms with Gasteiger partial charge >= 0.3 is 6.18 Å². The van der Waals surface area contributed by atoms with E-state index in [0.29, 0.717) is 18.8 Å². The zero-order valence-corrected chi connectivity index (χ0v) is 21.1. The fourth-order valence-corrected chi connectivity index (χ4v) is 4.59. The van der Waals surface area contributed by atoms with Crippen molar-refractivity contribution in [2.75, 3.05) is 25.0 Å². The highest BCUT2D eigenvalue weighted by Gasteiger charge is 2.36. The van der Waals surface area contributed by atoms with Gasteiger partial charge in [0.15, 0.2) is 11.5 Å². The van der Waals surface area contributed by atoms with Gasteiger partial charge in [0.2, 0.25) is 5.91 Å². The van der Waals surface area contributed by atoms with Gasteiger partial charge in [0, 0.05) is 37.2 Å². The number of likely N-dealkylation sites (tertiary alicyclic amines) is 1. The molecule has 5 rings (SSSR count). The Balaban J connectivity index is 1.29. The number of halogens is 4. The number of piperidine rings is 1. The molecule has 1 aliphatic rings. The van der Waals surface area contributed by atoms with Crippen molar-refractivity contribution in [1.29, 1.82) is 0 Å². The van der Waals surface area contributed by atoms with Crippen molar-refractivity contribution < 1.29 is 22.8 Å². The van der Waals surface area contributed by atoms with Crippen LogP contribution in [-0.2, 0) is 11.0 Å². The molecule has 0 spiro atoms. The summed E-state index contributed by atoms with van der Waals surface area (Å²) in [6.07, 6.45) is 2.09. The first kappa shape index (κ1) is 26.4. The Hall–Kier alpha value is -4.17. The molecule has 1 aromatic carbocycles. The molecular formula is C24H23ClF3N9O2. The van der Waals surface area contributed by atoms with Crippen molar-refractivity contribution >= 4 is 40.6 Å². The number of nitrogens with zero attached hydrogens (tertiary/aromatic N) is 5. The Morgan fingerprint density at radius 3 is 2.67 bits per heavy atom. The molecule has 2 amide bonds. The molecule has 0 saturated carbocycles. The molecule has 11 nitrogen and oxygen atoms in total. The van der Waals surface area contributed by atoms with Crippen molar-refractivity contribution in [2.45, 2.75) is 25.1 Å². The van der Waals surface area contributed by atoms with E-state index in [0.717, 1.165) is 19.0 Å². The topological polar surface area (TPSA) is 146 Å². The number of carbonyl (C=O) groups is 2. The van der Waals surface area contributed by atoms with Gasteiger partial charge in [0.25, 0.3) is 5.91 Å². The molecule has 3 aromatic heterocycles. The summed E-state index contributed by atoms with van der Waals surface area (Å²) in [7, 11) is 0. The van der Waals surface area contributed by atoms with Gasteiger partial charge in [-0.3, -0.25) is 19.1 Å². The Morgan fingerprint density at radius 1 is 1.18 bits per heavy atom. The maximum Gasteiger partial charge on any atom is 0.433 e. The zero-order chi connectivity index (χ0) is 27.7. The average molecular weight is 562 g/mol. The number of rotatable bonds is 6. The highest BCUT2D eigenvalue weighted by molar-refractivity contribution is 6.34. The second-order valence-electron chi connectivity index (χ2n) is 8.99. The maximum atomic E-state index is 13.4. The quantitative estimate of drug-likeness (QED) is 0.283. The normalized spacial score (nSPS) is 14.5. The Labute approximate surface area is 224 Å². The number of aromatic nitrogens is 5. The van der Waals surface area contributed by atoms with Crippen LogP contribution in [0.5, 0.6) is 0 Å². The van der Waals surface area contributed by atoms with Gasteiger partial charge in [-0.15, -0.1) is 0 Å². The van der Waals surface area contributed by atoms with Crippen molar-refractivity contribution in [3.63, 3.8) is 0 Å². The third-order valence-electron chi connectivity index (χ3n) is 6.40. The molecule has 4 heterocycles. The summed E-state index contributed by atoms with van der Waals surface area (Å²) >= 11 is 6.35. The van der Waals surface area contributed by atoms with Crippen LogP contribution in [0.2, 0.25) is 5.02 Å². The summed E-state index contributed by atoms with van der Waals surface area (Å²) in [6.45, 7) is 0.952. The number of carbonyl (C=O) groups excluding carboxylic acids is 2. The monoisotopic (exact) mass is 561 g/mol. The molecule has 0 radical (unpaired) electrons. The van der Waals surface area contributed by atoms with Crippen molar-refractivity contribution in [2.24, 2.45) is 5.73 Å². The minimum Gasteiger partial charge on any atom is -0.343 e. The summed E-state index contributed by atoms with van der Waals surface area (Å²) < 4.78 is 41.5. The van der Waals surface area contributed by atoms with Crippen LogP contribution in [0.1, 0.15) is 28.9 Å². The lowest BCUT2D eigenvalue weighted by Crippen LogP contribution is -2.46. The molecule has 0 atom stereocenters. The van der Waals surface area contributed by atoms with E-state index in [1.54, 1.807) is 11.0 Å². The predicted molar refractivity (Wildman–Crippen MR) is 136 cm³/mol. The number of amides is 2. The molecule has 0 aliphatic carbocycles. The third kappa shape index (κ3) is 5.52. The molecule has 39 heavy (non-hydrogen) atoms. The van der Waals surface area contributed by atoms with E-state index < -0.39 is 17.8 Å². The van der Waals surface area contributed by atoms with Crippen LogP contribution in [0.4, 0.5) is 24.7 Å². The fraction of sp³-hybridized carbons (Fsp3) is 0.292. The molecule has 0 unspecified atom stereocenters.